The van der Waals surface area contributed by atoms with Crippen LogP contribution in [0.5, 0.6) is 0 Å². The quantitative estimate of drug-likeness (QED) is 0.840. The molecule has 0 spiro atoms. The van der Waals surface area contributed by atoms with Crippen molar-refractivity contribution in [3.05, 3.63) is 23.8 Å². The Labute approximate surface area is 106 Å². The topological polar surface area (TPSA) is 69.6 Å². The minimum Gasteiger partial charge on any atom is -0.478 e. The summed E-state index contributed by atoms with van der Waals surface area (Å²) in [6.45, 7) is 6.79. The predicted molar refractivity (Wildman–Crippen MR) is 71.3 cm³/mol. The Bertz CT molecular complexity index is 454. The number of carbonyl (C=O) groups excluding carboxylic acids is 1. The zero-order valence-corrected chi connectivity index (χ0v) is 10.9. The van der Waals surface area contributed by atoms with Gasteiger partial charge in [-0.3, -0.25) is 4.79 Å². The van der Waals surface area contributed by atoms with Crippen molar-refractivity contribution in [3.8, 4) is 0 Å². The van der Waals surface area contributed by atoms with Crippen molar-refractivity contribution in [1.82, 2.24) is 0 Å². The van der Waals surface area contributed by atoms with E-state index in [1.54, 1.807) is 12.1 Å². The molecule has 0 fully saturated rings. The van der Waals surface area contributed by atoms with Crippen molar-refractivity contribution in [3.63, 3.8) is 0 Å². The van der Waals surface area contributed by atoms with Crippen LogP contribution >= 0.6 is 0 Å². The molecule has 5 heteroatoms. The molecule has 0 atom stereocenters. The van der Waals surface area contributed by atoms with Crippen LogP contribution in [0.2, 0.25) is 0 Å². The van der Waals surface area contributed by atoms with Gasteiger partial charge in [-0.05, 0) is 32.0 Å². The summed E-state index contributed by atoms with van der Waals surface area (Å²) in [6.07, 6.45) is 0. The van der Waals surface area contributed by atoms with Crippen LogP contribution in [0.25, 0.3) is 0 Å². The lowest BCUT2D eigenvalue weighted by Crippen LogP contribution is -2.24. The lowest BCUT2D eigenvalue weighted by Gasteiger charge is -2.23. The van der Waals surface area contributed by atoms with Crippen LogP contribution < -0.4 is 10.2 Å². The highest BCUT2D eigenvalue weighted by atomic mass is 16.4. The summed E-state index contributed by atoms with van der Waals surface area (Å²) in [6, 6.07) is 4.92. The van der Waals surface area contributed by atoms with Crippen LogP contribution in [0.4, 0.5) is 11.4 Å². The summed E-state index contributed by atoms with van der Waals surface area (Å²) in [7, 11) is 0. The fourth-order valence-corrected chi connectivity index (χ4v) is 1.83. The molecule has 0 radical (unpaired) electrons. The van der Waals surface area contributed by atoms with Gasteiger partial charge in [0.25, 0.3) is 0 Å². The van der Waals surface area contributed by atoms with E-state index >= 15 is 0 Å². The number of carbonyl (C=O) groups is 2. The Hall–Kier alpha value is -2.04. The maximum Gasteiger partial charge on any atom is 0.337 e. The van der Waals surface area contributed by atoms with Gasteiger partial charge in [-0.25, -0.2) is 4.79 Å². The molecule has 1 rings (SSSR count). The summed E-state index contributed by atoms with van der Waals surface area (Å²) in [5.74, 6) is -1.22. The Morgan fingerprint density at radius 3 is 2.33 bits per heavy atom. The van der Waals surface area contributed by atoms with Crippen LogP contribution in [-0.4, -0.2) is 30.1 Å². The first kappa shape index (κ1) is 14.0. The average Bonchev–Trinajstić information content (AvgIpc) is 2.31. The first-order chi connectivity index (χ1) is 8.49. The van der Waals surface area contributed by atoms with Gasteiger partial charge in [-0.2, -0.15) is 0 Å². The second-order valence-corrected chi connectivity index (χ2v) is 3.89. The second-order valence-electron chi connectivity index (χ2n) is 3.89. The highest BCUT2D eigenvalue weighted by Gasteiger charge is 2.15. The fourth-order valence-electron chi connectivity index (χ4n) is 1.83. The number of nitrogens with zero attached hydrogens (tertiary/aromatic N) is 1. The number of hydrogen-bond acceptors (Lipinski definition) is 3. The molecule has 0 heterocycles. The number of rotatable bonds is 5. The Kier molecular flexibility index (Phi) is 4.71. The molecule has 0 aliphatic carbocycles. The molecule has 5 nitrogen and oxygen atoms in total. The fraction of sp³-hybridized carbons (Fsp3) is 0.385. The lowest BCUT2D eigenvalue weighted by atomic mass is 10.1. The average molecular weight is 250 g/mol. The minimum absolute atomic E-state index is 0.199. The van der Waals surface area contributed by atoms with E-state index in [4.69, 9.17) is 0 Å². The number of anilines is 2. The number of nitrogens with one attached hydrogen (secondary N) is 1. The van der Waals surface area contributed by atoms with E-state index in [0.717, 1.165) is 13.1 Å². The molecular weight excluding hydrogens is 232 g/mol. The van der Waals surface area contributed by atoms with Crippen molar-refractivity contribution in [1.29, 1.82) is 0 Å². The third kappa shape index (κ3) is 3.23. The van der Waals surface area contributed by atoms with Crippen molar-refractivity contribution in [2.24, 2.45) is 0 Å². The standard InChI is InChI=1S/C13H18N2O3/c1-4-15(5-2)12-7-6-10(14-9(3)16)8-11(12)13(17)18/h6-8H,4-5H2,1-3H3,(H,14,16)(H,17,18). The zero-order valence-electron chi connectivity index (χ0n) is 10.9. The monoisotopic (exact) mass is 250 g/mol. The van der Waals surface area contributed by atoms with E-state index < -0.39 is 5.97 Å². The normalized spacial score (nSPS) is 9.94. The number of benzene rings is 1. The summed E-state index contributed by atoms with van der Waals surface area (Å²) in [5, 5.41) is 11.8. The number of hydrogen-bond donors (Lipinski definition) is 2. The van der Waals surface area contributed by atoms with Gasteiger partial charge in [-0.15, -0.1) is 0 Å². The van der Waals surface area contributed by atoms with E-state index in [2.05, 4.69) is 5.32 Å². The van der Waals surface area contributed by atoms with E-state index in [9.17, 15) is 14.7 Å². The highest BCUT2D eigenvalue weighted by Crippen LogP contribution is 2.24. The number of carboxylic acid groups (broad SMARTS) is 1. The van der Waals surface area contributed by atoms with Gasteiger partial charge in [0.2, 0.25) is 5.91 Å². The lowest BCUT2D eigenvalue weighted by molar-refractivity contribution is -0.114. The minimum atomic E-state index is -0.996. The first-order valence-electron chi connectivity index (χ1n) is 5.89. The molecule has 18 heavy (non-hydrogen) atoms. The SMILES string of the molecule is CCN(CC)c1ccc(NC(C)=O)cc1C(=O)O. The maximum atomic E-state index is 11.3. The highest BCUT2D eigenvalue weighted by molar-refractivity contribution is 5.97. The van der Waals surface area contributed by atoms with Gasteiger partial charge in [-0.1, -0.05) is 0 Å². The molecule has 0 bridgehead atoms. The molecule has 1 aromatic rings. The van der Waals surface area contributed by atoms with Gasteiger partial charge in [0.15, 0.2) is 0 Å². The molecule has 0 aliphatic heterocycles. The molecule has 0 saturated carbocycles. The molecule has 0 aromatic heterocycles. The predicted octanol–water partition coefficient (Wildman–Crippen LogP) is 2.19. The van der Waals surface area contributed by atoms with Gasteiger partial charge in [0.1, 0.15) is 0 Å². The summed E-state index contributed by atoms with van der Waals surface area (Å²) in [5.41, 5.74) is 1.36. The van der Waals surface area contributed by atoms with Crippen molar-refractivity contribution >= 4 is 23.3 Å². The molecule has 98 valence electrons. The first-order valence-corrected chi connectivity index (χ1v) is 5.89. The van der Waals surface area contributed by atoms with Gasteiger partial charge in [0.05, 0.1) is 11.3 Å². The smallest absolute Gasteiger partial charge is 0.337 e. The molecule has 1 aromatic carbocycles. The number of carboxylic acids is 1. The van der Waals surface area contributed by atoms with Gasteiger partial charge in [0, 0.05) is 25.7 Å². The number of amides is 1. The van der Waals surface area contributed by atoms with E-state index in [0.29, 0.717) is 11.4 Å². The second kappa shape index (κ2) is 6.05. The van der Waals surface area contributed by atoms with E-state index in [1.165, 1.54) is 13.0 Å². The van der Waals surface area contributed by atoms with Crippen LogP contribution in [0.1, 0.15) is 31.1 Å². The van der Waals surface area contributed by atoms with Crippen LogP contribution in [0.3, 0.4) is 0 Å². The summed E-state index contributed by atoms with van der Waals surface area (Å²) < 4.78 is 0. The van der Waals surface area contributed by atoms with Crippen molar-refractivity contribution in [2.75, 3.05) is 23.3 Å². The van der Waals surface area contributed by atoms with Crippen LogP contribution in [0, 0.1) is 0 Å². The van der Waals surface area contributed by atoms with E-state index in [-0.39, 0.29) is 11.5 Å². The molecule has 0 aliphatic rings. The zero-order chi connectivity index (χ0) is 13.7. The van der Waals surface area contributed by atoms with Gasteiger partial charge >= 0.3 is 5.97 Å². The van der Waals surface area contributed by atoms with E-state index in [1.807, 2.05) is 18.7 Å². The van der Waals surface area contributed by atoms with Gasteiger partial charge < -0.3 is 15.3 Å². The molecule has 0 unspecified atom stereocenters. The van der Waals surface area contributed by atoms with Crippen LogP contribution in [-0.2, 0) is 4.79 Å². The third-order valence-corrected chi connectivity index (χ3v) is 2.65. The number of aromatic carboxylic acids is 1. The van der Waals surface area contributed by atoms with Crippen LogP contribution in [0.15, 0.2) is 18.2 Å². The summed E-state index contributed by atoms with van der Waals surface area (Å²) >= 11 is 0. The maximum absolute atomic E-state index is 11.3. The molecular formula is C13H18N2O3. The third-order valence-electron chi connectivity index (χ3n) is 2.65. The Morgan fingerprint density at radius 1 is 1.28 bits per heavy atom. The molecule has 1 amide bonds. The largest absolute Gasteiger partial charge is 0.478 e. The molecule has 2 N–H and O–H groups in total. The Morgan fingerprint density at radius 2 is 1.89 bits per heavy atom. The van der Waals surface area contributed by atoms with Crippen molar-refractivity contribution in [2.45, 2.75) is 20.8 Å². The van der Waals surface area contributed by atoms with Crippen molar-refractivity contribution < 1.29 is 14.7 Å². The Balaban J connectivity index is 3.19. The summed E-state index contributed by atoms with van der Waals surface area (Å²) in [4.78, 5) is 24.2. The molecule has 0 saturated heterocycles.